The number of carbonyl (C=O) groups is 1. The third kappa shape index (κ3) is 3.59. The van der Waals surface area contributed by atoms with Gasteiger partial charge in [-0.3, -0.25) is 4.79 Å². The van der Waals surface area contributed by atoms with Gasteiger partial charge in [-0.2, -0.15) is 0 Å². The molecule has 0 radical (unpaired) electrons. The van der Waals surface area contributed by atoms with E-state index in [-0.39, 0.29) is 18.6 Å². The maximum atomic E-state index is 11.2. The van der Waals surface area contributed by atoms with Gasteiger partial charge in [-0.25, -0.2) is 0 Å². The fraction of sp³-hybridized carbons (Fsp3) is 0.364. The van der Waals surface area contributed by atoms with Crippen LogP contribution < -0.4 is 11.1 Å². The molecule has 4 nitrogen and oxygen atoms in total. The number of ether oxygens (including phenoxy) is 1. The number of amides is 1. The summed E-state index contributed by atoms with van der Waals surface area (Å²) >= 11 is 0. The molecule has 0 aliphatic carbocycles. The normalized spacial score (nSPS) is 12.1. The van der Waals surface area contributed by atoms with Crippen LogP contribution in [0.2, 0.25) is 0 Å². The minimum Gasteiger partial charge on any atom is -0.399 e. The zero-order chi connectivity index (χ0) is 11.3. The molecule has 1 rings (SSSR count). The summed E-state index contributed by atoms with van der Waals surface area (Å²) in [5, 5.41) is 2.81. The molecule has 0 aromatic heterocycles. The molecule has 0 heterocycles. The van der Waals surface area contributed by atoms with Gasteiger partial charge in [-0.05, 0) is 24.6 Å². The molecule has 82 valence electrons. The minimum absolute atomic E-state index is 0.0340. The van der Waals surface area contributed by atoms with Gasteiger partial charge in [0.05, 0.1) is 6.04 Å². The Morgan fingerprint density at radius 3 is 2.60 bits per heavy atom. The van der Waals surface area contributed by atoms with Gasteiger partial charge in [0.15, 0.2) is 0 Å². The number of benzene rings is 1. The van der Waals surface area contributed by atoms with Gasteiger partial charge in [-0.1, -0.05) is 12.1 Å². The van der Waals surface area contributed by atoms with E-state index < -0.39 is 0 Å². The highest BCUT2D eigenvalue weighted by atomic mass is 16.5. The first-order valence-corrected chi connectivity index (χ1v) is 4.77. The highest BCUT2D eigenvalue weighted by Crippen LogP contribution is 2.13. The molecule has 0 spiro atoms. The fourth-order valence-electron chi connectivity index (χ4n) is 1.28. The zero-order valence-electron chi connectivity index (χ0n) is 8.99. The lowest BCUT2D eigenvalue weighted by molar-refractivity contribution is -0.125. The van der Waals surface area contributed by atoms with Gasteiger partial charge in [0.25, 0.3) is 0 Å². The van der Waals surface area contributed by atoms with Crippen LogP contribution in [0.4, 0.5) is 5.69 Å². The molecule has 1 aromatic rings. The summed E-state index contributed by atoms with van der Waals surface area (Å²) in [6.45, 7) is 2.00. The van der Waals surface area contributed by atoms with E-state index in [0.29, 0.717) is 5.69 Å². The summed E-state index contributed by atoms with van der Waals surface area (Å²) in [6, 6.07) is 7.39. The predicted molar refractivity (Wildman–Crippen MR) is 59.3 cm³/mol. The van der Waals surface area contributed by atoms with Gasteiger partial charge < -0.3 is 15.8 Å². The van der Waals surface area contributed by atoms with Crippen molar-refractivity contribution in [3.8, 4) is 0 Å². The highest BCUT2D eigenvalue weighted by Gasteiger charge is 2.08. The van der Waals surface area contributed by atoms with E-state index in [1.54, 1.807) is 0 Å². The monoisotopic (exact) mass is 208 g/mol. The van der Waals surface area contributed by atoms with Gasteiger partial charge in [-0.15, -0.1) is 0 Å². The maximum Gasteiger partial charge on any atom is 0.246 e. The standard InChI is InChI=1S/C11H16N2O2/c1-8(13-11(14)7-15-2)9-3-5-10(12)6-4-9/h3-6,8H,7,12H2,1-2H3,(H,13,14). The number of rotatable bonds is 4. The molecule has 0 saturated heterocycles. The van der Waals surface area contributed by atoms with Crippen LogP contribution >= 0.6 is 0 Å². The second-order valence-electron chi connectivity index (χ2n) is 3.39. The summed E-state index contributed by atoms with van der Waals surface area (Å²) in [5.74, 6) is -0.123. The maximum absolute atomic E-state index is 11.2. The molecule has 1 amide bonds. The van der Waals surface area contributed by atoms with Crippen LogP contribution in [-0.2, 0) is 9.53 Å². The Kier molecular flexibility index (Phi) is 4.12. The first-order chi connectivity index (χ1) is 7.13. The summed E-state index contributed by atoms with van der Waals surface area (Å²) in [4.78, 5) is 11.2. The number of nitrogens with one attached hydrogen (secondary N) is 1. The van der Waals surface area contributed by atoms with Crippen molar-refractivity contribution in [1.29, 1.82) is 0 Å². The SMILES string of the molecule is COCC(=O)NC(C)c1ccc(N)cc1. The van der Waals surface area contributed by atoms with Crippen molar-refractivity contribution < 1.29 is 9.53 Å². The van der Waals surface area contributed by atoms with E-state index in [4.69, 9.17) is 10.5 Å². The van der Waals surface area contributed by atoms with Crippen LogP contribution in [-0.4, -0.2) is 19.6 Å². The Morgan fingerprint density at radius 1 is 1.47 bits per heavy atom. The molecule has 0 aliphatic rings. The fourth-order valence-corrected chi connectivity index (χ4v) is 1.28. The van der Waals surface area contributed by atoms with Crippen molar-refractivity contribution in [1.82, 2.24) is 5.32 Å². The molecule has 0 fully saturated rings. The summed E-state index contributed by atoms with van der Waals surface area (Å²) in [6.07, 6.45) is 0. The average molecular weight is 208 g/mol. The van der Waals surface area contributed by atoms with Crippen molar-refractivity contribution in [2.45, 2.75) is 13.0 Å². The van der Waals surface area contributed by atoms with Gasteiger partial charge in [0.1, 0.15) is 6.61 Å². The Labute approximate surface area is 89.4 Å². The number of anilines is 1. The van der Waals surface area contributed by atoms with Crippen LogP contribution in [0.1, 0.15) is 18.5 Å². The number of nitrogen functional groups attached to an aromatic ring is 1. The first-order valence-electron chi connectivity index (χ1n) is 4.77. The smallest absolute Gasteiger partial charge is 0.246 e. The first kappa shape index (κ1) is 11.5. The second kappa shape index (κ2) is 5.36. The molecule has 1 unspecified atom stereocenters. The molecule has 0 saturated carbocycles. The van der Waals surface area contributed by atoms with Crippen LogP contribution in [0, 0.1) is 0 Å². The number of hydrogen-bond donors (Lipinski definition) is 2. The molecule has 0 aliphatic heterocycles. The van der Waals surface area contributed by atoms with E-state index in [2.05, 4.69) is 5.32 Å². The Bertz CT molecular complexity index is 322. The molecule has 15 heavy (non-hydrogen) atoms. The van der Waals surface area contributed by atoms with Crippen LogP contribution in [0.15, 0.2) is 24.3 Å². The third-order valence-corrected chi connectivity index (χ3v) is 2.09. The topological polar surface area (TPSA) is 64.3 Å². The number of hydrogen-bond acceptors (Lipinski definition) is 3. The average Bonchev–Trinajstić information content (AvgIpc) is 2.18. The summed E-state index contributed by atoms with van der Waals surface area (Å²) in [7, 11) is 1.49. The van der Waals surface area contributed by atoms with Gasteiger partial charge in [0.2, 0.25) is 5.91 Å². The predicted octanol–water partition coefficient (Wildman–Crippen LogP) is 1.09. The second-order valence-corrected chi connectivity index (χ2v) is 3.39. The number of methoxy groups -OCH3 is 1. The van der Waals surface area contributed by atoms with Crippen LogP contribution in [0.3, 0.4) is 0 Å². The van der Waals surface area contributed by atoms with E-state index in [1.807, 2.05) is 31.2 Å². The molecule has 3 N–H and O–H groups in total. The van der Waals surface area contributed by atoms with Crippen molar-refractivity contribution >= 4 is 11.6 Å². The van der Waals surface area contributed by atoms with E-state index >= 15 is 0 Å². The minimum atomic E-state index is -0.123. The lowest BCUT2D eigenvalue weighted by atomic mass is 10.1. The van der Waals surface area contributed by atoms with Crippen molar-refractivity contribution in [3.63, 3.8) is 0 Å². The summed E-state index contributed by atoms with van der Waals surface area (Å²) in [5.41, 5.74) is 7.31. The molecule has 0 bridgehead atoms. The van der Waals surface area contributed by atoms with E-state index in [9.17, 15) is 4.79 Å². The van der Waals surface area contributed by atoms with Crippen molar-refractivity contribution in [2.24, 2.45) is 0 Å². The Balaban J connectivity index is 2.57. The van der Waals surface area contributed by atoms with Crippen LogP contribution in [0.5, 0.6) is 0 Å². The lowest BCUT2D eigenvalue weighted by Gasteiger charge is -2.14. The van der Waals surface area contributed by atoms with E-state index in [1.165, 1.54) is 7.11 Å². The highest BCUT2D eigenvalue weighted by molar-refractivity contribution is 5.77. The Hall–Kier alpha value is -1.55. The van der Waals surface area contributed by atoms with Crippen molar-refractivity contribution in [2.75, 3.05) is 19.5 Å². The van der Waals surface area contributed by atoms with Crippen molar-refractivity contribution in [3.05, 3.63) is 29.8 Å². The van der Waals surface area contributed by atoms with Crippen LogP contribution in [0.25, 0.3) is 0 Å². The van der Waals surface area contributed by atoms with Gasteiger partial charge >= 0.3 is 0 Å². The Morgan fingerprint density at radius 2 is 2.07 bits per heavy atom. The van der Waals surface area contributed by atoms with E-state index in [0.717, 1.165) is 5.56 Å². The zero-order valence-corrected chi connectivity index (χ0v) is 8.99. The third-order valence-electron chi connectivity index (χ3n) is 2.09. The number of carbonyl (C=O) groups excluding carboxylic acids is 1. The van der Waals surface area contributed by atoms with Gasteiger partial charge in [0, 0.05) is 12.8 Å². The largest absolute Gasteiger partial charge is 0.399 e. The summed E-state index contributed by atoms with van der Waals surface area (Å²) < 4.78 is 4.73. The molecule has 1 atom stereocenters. The molecular weight excluding hydrogens is 192 g/mol. The quantitative estimate of drug-likeness (QED) is 0.728. The molecule has 1 aromatic carbocycles. The molecule has 4 heteroatoms. The molecular formula is C11H16N2O2. The lowest BCUT2D eigenvalue weighted by Crippen LogP contribution is -2.29. The number of nitrogens with two attached hydrogens (primary N) is 1.